The summed E-state index contributed by atoms with van der Waals surface area (Å²) in [6.45, 7) is 6.76. The Morgan fingerprint density at radius 1 is 1.25 bits per heavy atom. The summed E-state index contributed by atoms with van der Waals surface area (Å²) in [5.74, 6) is 2.36. The van der Waals surface area contributed by atoms with Crippen LogP contribution in [0.2, 0.25) is 0 Å². The summed E-state index contributed by atoms with van der Waals surface area (Å²) in [7, 11) is 0. The molecule has 2 bridgehead atoms. The molecule has 0 N–H and O–H groups in total. The van der Waals surface area contributed by atoms with Gasteiger partial charge < -0.3 is 0 Å². The van der Waals surface area contributed by atoms with Crippen molar-refractivity contribution in [1.29, 1.82) is 0 Å². The number of hydrogen-bond acceptors (Lipinski definition) is 1. The van der Waals surface area contributed by atoms with Crippen molar-refractivity contribution in [2.75, 3.05) is 0 Å². The van der Waals surface area contributed by atoms with E-state index in [4.69, 9.17) is 0 Å². The second-order valence-electron chi connectivity index (χ2n) is 5.26. The fraction of sp³-hybridized carbons (Fsp3) is 0.909. The number of rotatable bonds is 0. The van der Waals surface area contributed by atoms with E-state index in [-0.39, 0.29) is 0 Å². The Morgan fingerprint density at radius 2 is 1.92 bits per heavy atom. The number of hydrogen-bond donors (Lipinski definition) is 0. The molecule has 0 spiro atoms. The average molecular weight is 166 g/mol. The van der Waals surface area contributed by atoms with Crippen LogP contribution in [0.4, 0.5) is 0 Å². The highest BCUT2D eigenvalue weighted by Gasteiger charge is 2.51. The standard InChI is InChI=1S/C11H18O/c1-7-4-8-5-9(6-10(7)12)11(8,2)3/h7-9H,4-6H2,1-3H3/t7-,8?,9?/m1/s1. The molecule has 3 atom stereocenters. The average Bonchev–Trinajstić information content (AvgIpc) is 2.18. The molecule has 0 saturated heterocycles. The van der Waals surface area contributed by atoms with Crippen LogP contribution in [0.3, 0.4) is 0 Å². The van der Waals surface area contributed by atoms with E-state index in [1.54, 1.807) is 0 Å². The van der Waals surface area contributed by atoms with Gasteiger partial charge in [-0.2, -0.15) is 0 Å². The minimum absolute atomic E-state index is 0.335. The lowest BCUT2D eigenvalue weighted by Gasteiger charge is -2.51. The van der Waals surface area contributed by atoms with Crippen molar-refractivity contribution in [1.82, 2.24) is 0 Å². The summed E-state index contributed by atoms with van der Waals surface area (Å²) in [6.07, 6.45) is 3.30. The van der Waals surface area contributed by atoms with Crippen LogP contribution in [0.1, 0.15) is 40.0 Å². The normalized spacial score (nSPS) is 44.9. The summed E-state index contributed by atoms with van der Waals surface area (Å²) >= 11 is 0. The second-order valence-corrected chi connectivity index (χ2v) is 5.26. The third-order valence-electron chi connectivity index (χ3n) is 4.31. The molecule has 0 aromatic carbocycles. The SMILES string of the molecule is C[C@@H]1CC2CC(CC1=O)C2(C)C. The van der Waals surface area contributed by atoms with Crippen LogP contribution in [-0.2, 0) is 4.79 Å². The van der Waals surface area contributed by atoms with Gasteiger partial charge in [0.2, 0.25) is 0 Å². The fourth-order valence-electron chi connectivity index (χ4n) is 2.87. The topological polar surface area (TPSA) is 17.1 Å². The quantitative estimate of drug-likeness (QED) is 0.540. The molecule has 12 heavy (non-hydrogen) atoms. The summed E-state index contributed by atoms with van der Waals surface area (Å²) in [4.78, 5) is 11.5. The van der Waals surface area contributed by atoms with Crippen LogP contribution in [-0.4, -0.2) is 5.78 Å². The first-order valence-electron chi connectivity index (χ1n) is 5.04. The molecular weight excluding hydrogens is 148 g/mol. The molecular formula is C11H18O. The minimum atomic E-state index is 0.335. The molecule has 1 nitrogen and oxygen atoms in total. The summed E-state index contributed by atoms with van der Waals surface area (Å²) in [6, 6.07) is 0. The summed E-state index contributed by atoms with van der Waals surface area (Å²) in [5.41, 5.74) is 0.459. The van der Waals surface area contributed by atoms with E-state index in [1.165, 1.54) is 6.42 Å². The Hall–Kier alpha value is -0.330. The Balaban J connectivity index is 2.20. The number of Topliss-reactive ketones (excluding diaryl/α,β-unsaturated/α-hetero) is 1. The van der Waals surface area contributed by atoms with Crippen LogP contribution in [0.5, 0.6) is 0 Å². The first-order valence-corrected chi connectivity index (χ1v) is 5.04. The number of carbonyl (C=O) groups excluding carboxylic acids is 1. The Morgan fingerprint density at radius 3 is 2.50 bits per heavy atom. The van der Waals surface area contributed by atoms with E-state index in [1.807, 2.05) is 0 Å². The minimum Gasteiger partial charge on any atom is -0.299 e. The molecule has 3 fully saturated rings. The van der Waals surface area contributed by atoms with Crippen molar-refractivity contribution in [3.05, 3.63) is 0 Å². The van der Waals surface area contributed by atoms with Gasteiger partial charge in [-0.25, -0.2) is 0 Å². The molecule has 1 heteroatoms. The van der Waals surface area contributed by atoms with E-state index in [0.717, 1.165) is 18.8 Å². The van der Waals surface area contributed by atoms with Gasteiger partial charge in [0, 0.05) is 12.3 Å². The van der Waals surface area contributed by atoms with Gasteiger partial charge >= 0.3 is 0 Å². The first-order chi connectivity index (χ1) is 5.51. The molecule has 3 aliphatic carbocycles. The zero-order valence-corrected chi connectivity index (χ0v) is 8.26. The van der Waals surface area contributed by atoms with E-state index >= 15 is 0 Å². The third-order valence-corrected chi connectivity index (χ3v) is 4.31. The maximum absolute atomic E-state index is 11.5. The fourth-order valence-corrected chi connectivity index (χ4v) is 2.87. The maximum Gasteiger partial charge on any atom is 0.136 e. The van der Waals surface area contributed by atoms with Crippen molar-refractivity contribution >= 4 is 5.78 Å². The van der Waals surface area contributed by atoms with Gasteiger partial charge in [0.05, 0.1) is 0 Å². The predicted molar refractivity (Wildman–Crippen MR) is 48.8 cm³/mol. The Kier molecular flexibility index (Phi) is 1.61. The molecule has 0 aromatic heterocycles. The van der Waals surface area contributed by atoms with E-state index in [9.17, 15) is 4.79 Å². The number of ketones is 1. The number of fused-ring (bicyclic) bond motifs is 3. The van der Waals surface area contributed by atoms with Gasteiger partial charge in [0.1, 0.15) is 5.78 Å². The Labute approximate surface area is 74.5 Å². The van der Waals surface area contributed by atoms with Gasteiger partial charge in [0.15, 0.2) is 0 Å². The van der Waals surface area contributed by atoms with Gasteiger partial charge in [-0.15, -0.1) is 0 Å². The molecule has 0 aliphatic heterocycles. The molecule has 2 unspecified atom stereocenters. The van der Waals surface area contributed by atoms with Gasteiger partial charge in [-0.1, -0.05) is 20.8 Å². The highest BCUT2D eigenvalue weighted by molar-refractivity contribution is 5.81. The van der Waals surface area contributed by atoms with Crippen LogP contribution in [0.15, 0.2) is 0 Å². The highest BCUT2D eigenvalue weighted by atomic mass is 16.1. The van der Waals surface area contributed by atoms with Crippen LogP contribution in [0, 0.1) is 23.2 Å². The van der Waals surface area contributed by atoms with E-state index in [2.05, 4.69) is 20.8 Å². The number of carbonyl (C=O) groups is 1. The van der Waals surface area contributed by atoms with Crippen LogP contribution < -0.4 is 0 Å². The highest BCUT2D eigenvalue weighted by Crippen LogP contribution is 2.57. The van der Waals surface area contributed by atoms with Gasteiger partial charge in [0.25, 0.3) is 0 Å². The molecule has 0 amide bonds. The van der Waals surface area contributed by atoms with Crippen LogP contribution >= 0.6 is 0 Å². The molecule has 3 saturated carbocycles. The maximum atomic E-state index is 11.5. The molecule has 0 heterocycles. The van der Waals surface area contributed by atoms with Crippen molar-refractivity contribution in [2.45, 2.75) is 40.0 Å². The zero-order valence-electron chi connectivity index (χ0n) is 8.26. The molecule has 3 aliphatic rings. The van der Waals surface area contributed by atoms with E-state index in [0.29, 0.717) is 23.0 Å². The smallest absolute Gasteiger partial charge is 0.136 e. The first kappa shape index (κ1) is 8.28. The zero-order chi connectivity index (χ0) is 8.93. The Bertz CT molecular complexity index is 217. The van der Waals surface area contributed by atoms with Gasteiger partial charge in [-0.05, 0) is 30.1 Å². The van der Waals surface area contributed by atoms with Gasteiger partial charge in [-0.3, -0.25) is 4.79 Å². The third kappa shape index (κ3) is 0.949. The molecule has 3 rings (SSSR count). The lowest BCUT2D eigenvalue weighted by molar-refractivity contribution is -0.123. The predicted octanol–water partition coefficient (Wildman–Crippen LogP) is 2.65. The largest absolute Gasteiger partial charge is 0.299 e. The summed E-state index contributed by atoms with van der Waals surface area (Å²) in [5, 5.41) is 0. The monoisotopic (exact) mass is 166 g/mol. The second kappa shape index (κ2) is 2.34. The molecule has 68 valence electrons. The van der Waals surface area contributed by atoms with Crippen molar-refractivity contribution in [2.24, 2.45) is 23.2 Å². The van der Waals surface area contributed by atoms with Crippen molar-refractivity contribution in [3.63, 3.8) is 0 Å². The molecule has 0 radical (unpaired) electrons. The van der Waals surface area contributed by atoms with Crippen molar-refractivity contribution in [3.8, 4) is 0 Å². The van der Waals surface area contributed by atoms with Crippen LogP contribution in [0.25, 0.3) is 0 Å². The van der Waals surface area contributed by atoms with E-state index < -0.39 is 0 Å². The van der Waals surface area contributed by atoms with Crippen molar-refractivity contribution < 1.29 is 4.79 Å². The summed E-state index contributed by atoms with van der Waals surface area (Å²) < 4.78 is 0. The lowest BCUT2D eigenvalue weighted by atomic mass is 9.54. The molecule has 0 aromatic rings. The lowest BCUT2D eigenvalue weighted by Crippen LogP contribution is -2.43.